The van der Waals surface area contributed by atoms with Crippen LogP contribution in [0.25, 0.3) is 5.69 Å². The summed E-state index contributed by atoms with van der Waals surface area (Å²) in [6.45, 7) is 5.76. The minimum absolute atomic E-state index is 0.534. The van der Waals surface area contributed by atoms with Gasteiger partial charge in [-0.25, -0.2) is 5.43 Å². The van der Waals surface area contributed by atoms with E-state index in [-0.39, 0.29) is 0 Å². The second-order valence-corrected chi connectivity index (χ2v) is 7.62. The van der Waals surface area contributed by atoms with E-state index < -0.39 is 11.8 Å². The highest BCUT2D eigenvalue weighted by atomic mass is 35.5. The second kappa shape index (κ2) is 9.15. The van der Waals surface area contributed by atoms with Crippen LogP contribution in [0.3, 0.4) is 0 Å². The molecule has 1 heterocycles. The van der Waals surface area contributed by atoms with Gasteiger partial charge in [0.1, 0.15) is 0 Å². The number of halogens is 2. The van der Waals surface area contributed by atoms with Gasteiger partial charge >= 0.3 is 11.8 Å². The standard InChI is InChI=1S/C22H20Cl2N4O2/c1-13-4-7-18(8-5-13)26-21(29)22(30)27-25-12-16-10-14(2)28(15(16)3)20-11-17(23)6-9-19(20)24/h4-12H,1-3H3,(H,26,29)(H,27,30)/b25-12-. The van der Waals surface area contributed by atoms with Gasteiger partial charge in [-0.3, -0.25) is 9.59 Å². The van der Waals surface area contributed by atoms with Crippen molar-refractivity contribution in [1.29, 1.82) is 0 Å². The topological polar surface area (TPSA) is 75.5 Å². The smallest absolute Gasteiger partial charge is 0.318 e. The first kappa shape index (κ1) is 21.6. The van der Waals surface area contributed by atoms with Crippen LogP contribution in [-0.2, 0) is 9.59 Å². The van der Waals surface area contributed by atoms with Crippen molar-refractivity contribution >= 4 is 46.9 Å². The first-order chi connectivity index (χ1) is 14.3. The number of benzene rings is 2. The van der Waals surface area contributed by atoms with Crippen LogP contribution in [-0.4, -0.2) is 22.6 Å². The number of aryl methyl sites for hydroxylation is 2. The molecule has 8 heteroatoms. The Hall–Kier alpha value is -3.09. The molecule has 0 aliphatic rings. The predicted molar refractivity (Wildman–Crippen MR) is 121 cm³/mol. The molecule has 0 saturated heterocycles. The molecule has 0 spiro atoms. The van der Waals surface area contributed by atoms with Crippen molar-refractivity contribution in [2.75, 3.05) is 5.32 Å². The van der Waals surface area contributed by atoms with Crippen molar-refractivity contribution in [3.63, 3.8) is 0 Å². The molecule has 0 saturated carbocycles. The average Bonchev–Trinajstić information content (AvgIpc) is 2.98. The van der Waals surface area contributed by atoms with Gasteiger partial charge in [-0.15, -0.1) is 0 Å². The van der Waals surface area contributed by atoms with Crippen LogP contribution < -0.4 is 10.7 Å². The first-order valence-electron chi connectivity index (χ1n) is 9.11. The minimum Gasteiger partial charge on any atom is -0.318 e. The third-order valence-electron chi connectivity index (χ3n) is 4.50. The third-order valence-corrected chi connectivity index (χ3v) is 5.06. The van der Waals surface area contributed by atoms with Crippen molar-refractivity contribution in [2.24, 2.45) is 5.10 Å². The Balaban J connectivity index is 1.70. The number of amides is 2. The van der Waals surface area contributed by atoms with E-state index in [1.54, 1.807) is 30.3 Å². The molecule has 2 aromatic carbocycles. The Labute approximate surface area is 184 Å². The van der Waals surface area contributed by atoms with Crippen molar-refractivity contribution in [3.8, 4) is 5.69 Å². The fourth-order valence-electron chi connectivity index (χ4n) is 2.98. The predicted octanol–water partition coefficient (Wildman–Crippen LogP) is 4.80. The molecule has 154 valence electrons. The van der Waals surface area contributed by atoms with Crippen LogP contribution in [0.1, 0.15) is 22.5 Å². The molecule has 1 aromatic heterocycles. The average molecular weight is 443 g/mol. The summed E-state index contributed by atoms with van der Waals surface area (Å²) in [4.78, 5) is 24.0. The molecule has 6 nitrogen and oxygen atoms in total. The van der Waals surface area contributed by atoms with Gasteiger partial charge in [-0.2, -0.15) is 5.10 Å². The van der Waals surface area contributed by atoms with Crippen LogP contribution in [0.15, 0.2) is 53.6 Å². The monoisotopic (exact) mass is 442 g/mol. The number of hydrazone groups is 1. The quantitative estimate of drug-likeness (QED) is 0.345. The molecule has 2 amide bonds. The molecule has 0 bridgehead atoms. The summed E-state index contributed by atoms with van der Waals surface area (Å²) in [6, 6.07) is 14.3. The Morgan fingerprint density at radius 1 is 0.967 bits per heavy atom. The van der Waals surface area contributed by atoms with E-state index in [0.717, 1.165) is 28.2 Å². The maximum atomic E-state index is 12.0. The highest BCUT2D eigenvalue weighted by molar-refractivity contribution is 6.39. The number of hydrogen-bond acceptors (Lipinski definition) is 3. The van der Waals surface area contributed by atoms with Gasteiger partial charge in [-0.05, 0) is 57.2 Å². The number of carbonyl (C=O) groups is 2. The zero-order valence-electron chi connectivity index (χ0n) is 16.7. The lowest BCUT2D eigenvalue weighted by Crippen LogP contribution is -2.32. The number of carbonyl (C=O) groups excluding carboxylic acids is 2. The van der Waals surface area contributed by atoms with Gasteiger partial charge < -0.3 is 9.88 Å². The zero-order valence-corrected chi connectivity index (χ0v) is 18.2. The Kier molecular flexibility index (Phi) is 6.59. The maximum absolute atomic E-state index is 12.0. The number of hydrogen-bond donors (Lipinski definition) is 2. The van der Waals surface area contributed by atoms with Crippen molar-refractivity contribution in [2.45, 2.75) is 20.8 Å². The van der Waals surface area contributed by atoms with E-state index in [4.69, 9.17) is 23.2 Å². The summed E-state index contributed by atoms with van der Waals surface area (Å²) >= 11 is 12.4. The molecule has 0 aliphatic heterocycles. The van der Waals surface area contributed by atoms with Gasteiger partial charge in [0.05, 0.1) is 16.9 Å². The van der Waals surface area contributed by atoms with Gasteiger partial charge in [-0.1, -0.05) is 40.9 Å². The van der Waals surface area contributed by atoms with Crippen molar-refractivity contribution in [3.05, 3.63) is 81.1 Å². The second-order valence-electron chi connectivity index (χ2n) is 6.78. The number of nitrogens with zero attached hydrogens (tertiary/aromatic N) is 2. The van der Waals surface area contributed by atoms with Crippen molar-refractivity contribution < 1.29 is 9.59 Å². The number of aromatic nitrogens is 1. The van der Waals surface area contributed by atoms with Crippen molar-refractivity contribution in [1.82, 2.24) is 9.99 Å². The molecule has 0 unspecified atom stereocenters. The molecule has 2 N–H and O–H groups in total. The SMILES string of the molecule is Cc1ccc(NC(=O)C(=O)N/N=C\c2cc(C)n(-c3cc(Cl)ccc3Cl)c2C)cc1. The van der Waals surface area contributed by atoms with E-state index in [9.17, 15) is 9.59 Å². The summed E-state index contributed by atoms with van der Waals surface area (Å²) in [5.41, 5.74) is 7.12. The molecule has 0 radical (unpaired) electrons. The minimum atomic E-state index is -0.862. The molecule has 0 atom stereocenters. The maximum Gasteiger partial charge on any atom is 0.329 e. The van der Waals surface area contributed by atoms with E-state index in [1.807, 2.05) is 43.5 Å². The summed E-state index contributed by atoms with van der Waals surface area (Å²) in [6.07, 6.45) is 1.48. The molecular formula is C22H20Cl2N4O2. The molecule has 3 aromatic rings. The lowest BCUT2D eigenvalue weighted by Gasteiger charge is -2.12. The zero-order chi connectivity index (χ0) is 21.8. The highest BCUT2D eigenvalue weighted by Gasteiger charge is 2.14. The number of rotatable bonds is 4. The van der Waals surface area contributed by atoms with Crippen LogP contribution in [0.5, 0.6) is 0 Å². The normalized spacial score (nSPS) is 11.0. The Morgan fingerprint density at radius 2 is 1.67 bits per heavy atom. The summed E-state index contributed by atoms with van der Waals surface area (Å²) in [5, 5.41) is 7.56. The summed E-state index contributed by atoms with van der Waals surface area (Å²) in [7, 11) is 0. The van der Waals surface area contributed by atoms with E-state index in [0.29, 0.717) is 15.7 Å². The molecule has 0 aliphatic carbocycles. The lowest BCUT2D eigenvalue weighted by molar-refractivity contribution is -0.136. The Bertz CT molecular complexity index is 1130. The van der Waals surface area contributed by atoms with E-state index >= 15 is 0 Å². The van der Waals surface area contributed by atoms with E-state index in [2.05, 4.69) is 15.8 Å². The molecular weight excluding hydrogens is 423 g/mol. The molecule has 3 rings (SSSR count). The number of nitrogens with one attached hydrogen (secondary N) is 2. The summed E-state index contributed by atoms with van der Waals surface area (Å²) < 4.78 is 1.95. The fraction of sp³-hybridized carbons (Fsp3) is 0.136. The largest absolute Gasteiger partial charge is 0.329 e. The van der Waals surface area contributed by atoms with Crippen LogP contribution in [0.4, 0.5) is 5.69 Å². The van der Waals surface area contributed by atoms with Crippen LogP contribution in [0.2, 0.25) is 10.0 Å². The lowest BCUT2D eigenvalue weighted by atomic mass is 10.2. The van der Waals surface area contributed by atoms with Crippen LogP contribution >= 0.6 is 23.2 Å². The van der Waals surface area contributed by atoms with Gasteiger partial charge in [0.15, 0.2) is 0 Å². The highest BCUT2D eigenvalue weighted by Crippen LogP contribution is 2.28. The van der Waals surface area contributed by atoms with E-state index in [1.165, 1.54) is 6.21 Å². The summed E-state index contributed by atoms with van der Waals surface area (Å²) in [5.74, 6) is -1.66. The van der Waals surface area contributed by atoms with Gasteiger partial charge in [0, 0.05) is 27.7 Å². The van der Waals surface area contributed by atoms with Gasteiger partial charge in [0.2, 0.25) is 0 Å². The van der Waals surface area contributed by atoms with Gasteiger partial charge in [0.25, 0.3) is 0 Å². The third kappa shape index (κ3) is 4.90. The molecule has 30 heavy (non-hydrogen) atoms. The fourth-order valence-corrected chi connectivity index (χ4v) is 3.35. The first-order valence-corrected chi connectivity index (χ1v) is 9.87. The Morgan fingerprint density at radius 3 is 2.37 bits per heavy atom. The number of anilines is 1. The molecule has 0 fully saturated rings. The van der Waals surface area contributed by atoms with Crippen LogP contribution in [0, 0.1) is 20.8 Å².